The Balaban J connectivity index is 3.39. The summed E-state index contributed by atoms with van der Waals surface area (Å²) in [5, 5.41) is 8.70. The molecule has 6 nitrogen and oxygen atoms in total. The molecule has 0 aliphatic heterocycles. The number of carbonyl (C=O) groups is 1. The molecule has 0 atom stereocenters. The molecule has 1 aromatic carbocycles. The smallest absolute Gasteiger partial charge is 0.303 e. The minimum atomic E-state index is -3.49. The molecule has 19 heavy (non-hydrogen) atoms. The van der Waals surface area contributed by atoms with Gasteiger partial charge >= 0.3 is 5.97 Å². The van der Waals surface area contributed by atoms with E-state index >= 15 is 0 Å². The van der Waals surface area contributed by atoms with Crippen molar-refractivity contribution >= 4 is 15.8 Å². The Morgan fingerprint density at radius 3 is 2.32 bits per heavy atom. The highest BCUT2D eigenvalue weighted by atomic mass is 32.2. The molecule has 0 spiro atoms. The van der Waals surface area contributed by atoms with Crippen LogP contribution in [0.5, 0.6) is 11.5 Å². The van der Waals surface area contributed by atoms with Crippen molar-refractivity contribution in [1.29, 1.82) is 0 Å². The van der Waals surface area contributed by atoms with Crippen LogP contribution in [0.2, 0.25) is 0 Å². The van der Waals surface area contributed by atoms with E-state index in [4.69, 9.17) is 14.6 Å². The summed E-state index contributed by atoms with van der Waals surface area (Å²) in [6, 6.07) is 2.94. The van der Waals surface area contributed by atoms with Gasteiger partial charge in [0, 0.05) is 18.7 Å². The van der Waals surface area contributed by atoms with Crippen LogP contribution in [0.3, 0.4) is 0 Å². The van der Waals surface area contributed by atoms with Gasteiger partial charge in [0.2, 0.25) is 0 Å². The zero-order chi connectivity index (χ0) is 14.6. The molecule has 0 heterocycles. The fourth-order valence-corrected chi connectivity index (χ4v) is 2.57. The van der Waals surface area contributed by atoms with Crippen molar-refractivity contribution < 1.29 is 27.8 Å². The van der Waals surface area contributed by atoms with E-state index in [1.54, 1.807) is 6.07 Å². The molecule has 1 aromatic rings. The van der Waals surface area contributed by atoms with Gasteiger partial charge in [-0.05, 0) is 18.1 Å². The highest BCUT2D eigenvalue weighted by Crippen LogP contribution is 2.33. The third-order valence-electron chi connectivity index (χ3n) is 2.55. The molecule has 0 unspecified atom stereocenters. The summed E-state index contributed by atoms with van der Waals surface area (Å²) in [6.07, 6.45) is 1.11. The van der Waals surface area contributed by atoms with Crippen molar-refractivity contribution in [1.82, 2.24) is 0 Å². The summed E-state index contributed by atoms with van der Waals surface area (Å²) in [7, 11) is -0.732. The number of hydrogen-bond donors (Lipinski definition) is 1. The van der Waals surface area contributed by atoms with Gasteiger partial charge in [-0.3, -0.25) is 4.79 Å². The van der Waals surface area contributed by atoms with Crippen LogP contribution in [-0.4, -0.2) is 40.0 Å². The van der Waals surface area contributed by atoms with Gasteiger partial charge in [0.15, 0.2) is 9.84 Å². The first kappa shape index (κ1) is 15.3. The highest BCUT2D eigenvalue weighted by Gasteiger charge is 2.20. The molecule has 0 saturated carbocycles. The lowest BCUT2D eigenvalue weighted by molar-refractivity contribution is -0.136. The number of aliphatic carboxylic acids is 1. The lowest BCUT2D eigenvalue weighted by Gasteiger charge is -2.14. The van der Waals surface area contributed by atoms with Gasteiger partial charge in [0.05, 0.1) is 14.2 Å². The zero-order valence-electron chi connectivity index (χ0n) is 11.0. The molecule has 0 amide bonds. The first-order valence-electron chi connectivity index (χ1n) is 5.46. The number of aryl methyl sites for hydroxylation is 1. The van der Waals surface area contributed by atoms with Crippen molar-refractivity contribution in [3.8, 4) is 11.5 Å². The number of hydrogen-bond acceptors (Lipinski definition) is 5. The Morgan fingerprint density at radius 2 is 1.89 bits per heavy atom. The quantitative estimate of drug-likeness (QED) is 0.843. The number of ether oxygens (including phenoxy) is 2. The van der Waals surface area contributed by atoms with Crippen LogP contribution in [0.25, 0.3) is 0 Å². The van der Waals surface area contributed by atoms with Crippen molar-refractivity contribution in [2.45, 2.75) is 17.7 Å². The number of rotatable bonds is 6. The maximum Gasteiger partial charge on any atom is 0.303 e. The molecule has 0 radical (unpaired) electrons. The molecule has 0 aliphatic rings. The second-order valence-corrected chi connectivity index (χ2v) is 5.97. The number of carboxylic acids is 1. The van der Waals surface area contributed by atoms with Crippen molar-refractivity contribution in [2.24, 2.45) is 0 Å². The second kappa shape index (κ2) is 5.92. The standard InChI is InChI=1S/C12H16O6S/c1-17-9-6-8(4-5-11(13)14)12(18-2)10(7-9)19(3,15)16/h6-7H,4-5H2,1-3H3,(H,13,14). The number of benzene rings is 1. The van der Waals surface area contributed by atoms with E-state index in [9.17, 15) is 13.2 Å². The van der Waals surface area contributed by atoms with Gasteiger partial charge < -0.3 is 14.6 Å². The van der Waals surface area contributed by atoms with Gasteiger partial charge in [-0.1, -0.05) is 0 Å². The summed E-state index contributed by atoms with van der Waals surface area (Å²) < 4.78 is 33.6. The van der Waals surface area contributed by atoms with Gasteiger partial charge in [0.25, 0.3) is 0 Å². The number of carboxylic acid groups (broad SMARTS) is 1. The zero-order valence-corrected chi connectivity index (χ0v) is 11.8. The fraction of sp³-hybridized carbons (Fsp3) is 0.417. The summed E-state index contributed by atoms with van der Waals surface area (Å²) in [5.74, 6) is -0.447. The summed E-state index contributed by atoms with van der Waals surface area (Å²) in [5.41, 5.74) is 0.490. The monoisotopic (exact) mass is 288 g/mol. The largest absolute Gasteiger partial charge is 0.497 e. The first-order chi connectivity index (χ1) is 8.79. The first-order valence-corrected chi connectivity index (χ1v) is 7.35. The molecule has 0 saturated heterocycles. The molecule has 1 N–H and O–H groups in total. The molecule has 0 aliphatic carbocycles. The number of sulfone groups is 1. The van der Waals surface area contributed by atoms with Crippen LogP contribution in [-0.2, 0) is 21.1 Å². The Hall–Kier alpha value is -1.76. The van der Waals surface area contributed by atoms with Gasteiger partial charge in [0.1, 0.15) is 16.4 Å². The fourth-order valence-electron chi connectivity index (χ4n) is 1.68. The van der Waals surface area contributed by atoms with Gasteiger partial charge in [-0.25, -0.2) is 8.42 Å². The average molecular weight is 288 g/mol. The lowest BCUT2D eigenvalue weighted by atomic mass is 10.1. The third-order valence-corrected chi connectivity index (χ3v) is 3.65. The van der Waals surface area contributed by atoms with Crippen LogP contribution in [0.15, 0.2) is 17.0 Å². The van der Waals surface area contributed by atoms with E-state index in [-0.39, 0.29) is 23.5 Å². The second-order valence-electron chi connectivity index (χ2n) is 3.98. The van der Waals surface area contributed by atoms with Crippen LogP contribution in [0.1, 0.15) is 12.0 Å². The van der Waals surface area contributed by atoms with Crippen molar-refractivity contribution in [3.63, 3.8) is 0 Å². The molecule has 0 aromatic heterocycles. The maximum absolute atomic E-state index is 11.7. The maximum atomic E-state index is 11.7. The van der Waals surface area contributed by atoms with Crippen LogP contribution in [0, 0.1) is 0 Å². The molecule has 0 fully saturated rings. The van der Waals surface area contributed by atoms with Crippen molar-refractivity contribution in [2.75, 3.05) is 20.5 Å². The van der Waals surface area contributed by atoms with Gasteiger partial charge in [-0.2, -0.15) is 0 Å². The number of methoxy groups -OCH3 is 2. The highest BCUT2D eigenvalue weighted by molar-refractivity contribution is 7.90. The lowest BCUT2D eigenvalue weighted by Crippen LogP contribution is -2.06. The predicted molar refractivity (Wildman–Crippen MR) is 68.6 cm³/mol. The van der Waals surface area contributed by atoms with Crippen molar-refractivity contribution in [3.05, 3.63) is 17.7 Å². The SMILES string of the molecule is COc1cc(CCC(=O)O)c(OC)c(S(C)(=O)=O)c1. The molecule has 106 valence electrons. The minimum Gasteiger partial charge on any atom is -0.497 e. The Bertz CT molecular complexity index is 576. The normalized spacial score (nSPS) is 11.1. The van der Waals surface area contributed by atoms with Crippen LogP contribution >= 0.6 is 0 Å². The van der Waals surface area contributed by atoms with E-state index in [0.29, 0.717) is 11.3 Å². The molecule has 0 bridgehead atoms. The van der Waals surface area contributed by atoms with Crippen LogP contribution < -0.4 is 9.47 Å². The van der Waals surface area contributed by atoms with E-state index in [1.807, 2.05) is 0 Å². The minimum absolute atomic E-state index is 0.00487. The van der Waals surface area contributed by atoms with E-state index < -0.39 is 15.8 Å². The topological polar surface area (TPSA) is 89.9 Å². The van der Waals surface area contributed by atoms with E-state index in [1.165, 1.54) is 20.3 Å². The molecule has 7 heteroatoms. The third kappa shape index (κ3) is 3.85. The van der Waals surface area contributed by atoms with Crippen LogP contribution in [0.4, 0.5) is 0 Å². The van der Waals surface area contributed by atoms with E-state index in [2.05, 4.69) is 0 Å². The summed E-state index contributed by atoms with van der Waals surface area (Å²) in [6.45, 7) is 0. The van der Waals surface area contributed by atoms with Gasteiger partial charge in [-0.15, -0.1) is 0 Å². The summed E-state index contributed by atoms with van der Waals surface area (Å²) >= 11 is 0. The van der Waals surface area contributed by atoms with E-state index in [0.717, 1.165) is 6.26 Å². The molecule has 1 rings (SSSR count). The molecular weight excluding hydrogens is 272 g/mol. The molecular formula is C12H16O6S. The predicted octanol–water partition coefficient (Wildman–Crippen LogP) is 1.12. The Kier molecular flexibility index (Phi) is 4.77. The average Bonchev–Trinajstić information content (AvgIpc) is 2.33. The Morgan fingerprint density at radius 1 is 1.26 bits per heavy atom. The summed E-state index contributed by atoms with van der Waals surface area (Å²) in [4.78, 5) is 10.6. The Labute approximate surface area is 111 Å².